The number of aromatic nitrogens is 2. The molecule has 3 aromatic rings. The lowest BCUT2D eigenvalue weighted by atomic mass is 10.2. The van der Waals surface area contributed by atoms with Crippen LogP contribution in [0.3, 0.4) is 0 Å². The highest BCUT2D eigenvalue weighted by Crippen LogP contribution is 2.24. The predicted molar refractivity (Wildman–Crippen MR) is 115 cm³/mol. The van der Waals surface area contributed by atoms with Crippen LogP contribution in [-0.4, -0.2) is 60.3 Å². The molecule has 1 aliphatic rings. The Hall–Kier alpha value is -2.71. The molecule has 2 aromatic carbocycles. The van der Waals surface area contributed by atoms with Gasteiger partial charge in [-0.05, 0) is 50.2 Å². The van der Waals surface area contributed by atoms with Crippen LogP contribution in [0.1, 0.15) is 12.0 Å². The van der Waals surface area contributed by atoms with Gasteiger partial charge in [0.15, 0.2) is 9.84 Å². The smallest absolute Gasteiger partial charge is 0.238 e. The van der Waals surface area contributed by atoms with Crippen LogP contribution in [0.15, 0.2) is 42.5 Å². The van der Waals surface area contributed by atoms with E-state index in [1.807, 2.05) is 48.2 Å². The Kier molecular flexibility index (Phi) is 5.14. The van der Waals surface area contributed by atoms with E-state index in [0.717, 1.165) is 28.0 Å². The predicted octanol–water partition coefficient (Wildman–Crippen LogP) is 2.60. The first kappa shape index (κ1) is 19.6. The lowest BCUT2D eigenvalue weighted by Gasteiger charge is -2.22. The second-order valence-corrected chi connectivity index (χ2v) is 9.94. The van der Waals surface area contributed by atoms with Gasteiger partial charge in [-0.3, -0.25) is 9.69 Å². The van der Waals surface area contributed by atoms with Gasteiger partial charge in [0.05, 0.1) is 29.1 Å². The van der Waals surface area contributed by atoms with E-state index in [0.29, 0.717) is 12.1 Å². The molecule has 4 rings (SSSR count). The molecule has 0 spiro atoms. The van der Waals surface area contributed by atoms with Crippen molar-refractivity contribution in [2.24, 2.45) is 0 Å². The van der Waals surface area contributed by atoms with Crippen LogP contribution in [0.25, 0.3) is 22.4 Å². The van der Waals surface area contributed by atoms with Crippen molar-refractivity contribution in [1.82, 2.24) is 14.9 Å². The molecule has 0 bridgehead atoms. The molecule has 152 valence electrons. The van der Waals surface area contributed by atoms with E-state index in [4.69, 9.17) is 0 Å². The monoisotopic (exact) mass is 412 g/mol. The van der Waals surface area contributed by atoms with Crippen molar-refractivity contribution < 1.29 is 13.2 Å². The van der Waals surface area contributed by atoms with Crippen LogP contribution in [0.2, 0.25) is 0 Å². The van der Waals surface area contributed by atoms with Gasteiger partial charge in [-0.2, -0.15) is 0 Å². The van der Waals surface area contributed by atoms with E-state index in [1.54, 1.807) is 7.05 Å². The van der Waals surface area contributed by atoms with Gasteiger partial charge in [0.25, 0.3) is 0 Å². The molecule has 1 atom stereocenters. The van der Waals surface area contributed by atoms with E-state index >= 15 is 0 Å². The summed E-state index contributed by atoms with van der Waals surface area (Å²) < 4.78 is 23.3. The Morgan fingerprint density at radius 3 is 2.86 bits per heavy atom. The number of fused-ring (bicyclic) bond motifs is 1. The Balaban J connectivity index is 1.45. The van der Waals surface area contributed by atoms with Crippen LogP contribution in [0.5, 0.6) is 0 Å². The minimum absolute atomic E-state index is 0.101. The fraction of sp³-hybridized carbons (Fsp3) is 0.333. The average molecular weight is 413 g/mol. The van der Waals surface area contributed by atoms with Gasteiger partial charge in [0.2, 0.25) is 5.91 Å². The zero-order valence-corrected chi connectivity index (χ0v) is 17.3. The van der Waals surface area contributed by atoms with Crippen molar-refractivity contribution in [2.45, 2.75) is 19.4 Å². The van der Waals surface area contributed by atoms with Crippen molar-refractivity contribution in [3.63, 3.8) is 0 Å². The molecule has 1 unspecified atom stereocenters. The van der Waals surface area contributed by atoms with Gasteiger partial charge in [0.1, 0.15) is 5.82 Å². The average Bonchev–Trinajstić information content (AvgIpc) is 3.24. The number of benzene rings is 2. The number of nitrogens with one attached hydrogen (secondary N) is 2. The molecule has 8 heteroatoms. The number of aromatic amines is 1. The molecule has 0 aliphatic carbocycles. The third-order valence-electron chi connectivity index (χ3n) is 5.28. The Bertz CT molecular complexity index is 1170. The zero-order chi connectivity index (χ0) is 20.6. The maximum Gasteiger partial charge on any atom is 0.238 e. The summed E-state index contributed by atoms with van der Waals surface area (Å²) in [5.41, 5.74) is 4.59. The summed E-state index contributed by atoms with van der Waals surface area (Å²) in [6.07, 6.45) is 0.577. The Morgan fingerprint density at radius 2 is 2.10 bits per heavy atom. The molecule has 7 nitrogen and oxygen atoms in total. The third kappa shape index (κ3) is 4.49. The number of hydrogen-bond acceptors (Lipinski definition) is 5. The third-order valence-corrected chi connectivity index (χ3v) is 7.03. The maximum atomic E-state index is 12.4. The van der Waals surface area contributed by atoms with Crippen molar-refractivity contribution in [2.75, 3.05) is 30.4 Å². The number of aryl methyl sites for hydroxylation is 1. The number of nitrogens with zero attached hydrogens (tertiary/aromatic N) is 2. The van der Waals surface area contributed by atoms with Crippen LogP contribution >= 0.6 is 0 Å². The van der Waals surface area contributed by atoms with E-state index < -0.39 is 9.84 Å². The number of rotatable bonds is 5. The number of carbonyl (C=O) groups is 1. The standard InChI is InChI=1S/C21H24N4O3S/c1-14-6-7-18-19(10-14)24-21(23-18)15-4-3-5-16(11-15)22-20(26)12-25(2)17-8-9-29(27,28)13-17/h3-7,10-11,17H,8-9,12-13H2,1-2H3,(H,22,26)(H,23,24). The number of amides is 1. The summed E-state index contributed by atoms with van der Waals surface area (Å²) in [7, 11) is -1.18. The summed E-state index contributed by atoms with van der Waals surface area (Å²) in [5, 5.41) is 2.90. The van der Waals surface area contributed by atoms with Gasteiger partial charge in [0, 0.05) is 17.3 Å². The molecule has 1 saturated heterocycles. The molecule has 1 aliphatic heterocycles. The first-order valence-corrected chi connectivity index (χ1v) is 11.4. The number of hydrogen-bond donors (Lipinski definition) is 2. The molecular weight excluding hydrogens is 388 g/mol. The summed E-state index contributed by atoms with van der Waals surface area (Å²) in [6.45, 7) is 2.18. The van der Waals surface area contributed by atoms with Crippen LogP contribution in [0, 0.1) is 6.92 Å². The second kappa shape index (κ2) is 7.61. The first-order chi connectivity index (χ1) is 13.8. The normalized spacial score (nSPS) is 18.4. The zero-order valence-electron chi connectivity index (χ0n) is 16.5. The summed E-state index contributed by atoms with van der Waals surface area (Å²) in [6, 6.07) is 13.5. The van der Waals surface area contributed by atoms with E-state index in [2.05, 4.69) is 21.4 Å². The molecule has 1 fully saturated rings. The van der Waals surface area contributed by atoms with Crippen LogP contribution < -0.4 is 5.32 Å². The molecule has 2 N–H and O–H groups in total. The number of sulfone groups is 1. The molecule has 1 aromatic heterocycles. The van der Waals surface area contributed by atoms with E-state index in [9.17, 15) is 13.2 Å². The topological polar surface area (TPSA) is 95.2 Å². The SMILES string of the molecule is Cc1ccc2nc(-c3cccc(NC(=O)CN(C)C4CCS(=O)(=O)C4)c3)[nH]c2c1. The summed E-state index contributed by atoms with van der Waals surface area (Å²) >= 11 is 0. The molecule has 1 amide bonds. The number of likely N-dealkylation sites (N-methyl/N-ethyl adjacent to an activating group) is 1. The van der Waals surface area contributed by atoms with Gasteiger partial charge < -0.3 is 10.3 Å². The largest absolute Gasteiger partial charge is 0.338 e. The second-order valence-electron chi connectivity index (χ2n) is 7.71. The van der Waals surface area contributed by atoms with Gasteiger partial charge >= 0.3 is 0 Å². The fourth-order valence-electron chi connectivity index (χ4n) is 3.68. The van der Waals surface area contributed by atoms with E-state index in [-0.39, 0.29) is 30.0 Å². The van der Waals surface area contributed by atoms with Crippen LogP contribution in [-0.2, 0) is 14.6 Å². The van der Waals surface area contributed by atoms with Crippen molar-refractivity contribution in [1.29, 1.82) is 0 Å². The minimum Gasteiger partial charge on any atom is -0.338 e. The fourth-order valence-corrected chi connectivity index (χ4v) is 5.49. The van der Waals surface area contributed by atoms with E-state index in [1.165, 1.54) is 0 Å². The highest BCUT2D eigenvalue weighted by Gasteiger charge is 2.31. The molecule has 0 radical (unpaired) electrons. The Labute approximate surface area is 170 Å². The summed E-state index contributed by atoms with van der Waals surface area (Å²) in [4.78, 5) is 22.2. The number of anilines is 1. The van der Waals surface area contributed by atoms with Crippen molar-refractivity contribution >= 4 is 32.5 Å². The van der Waals surface area contributed by atoms with Gasteiger partial charge in [-0.25, -0.2) is 13.4 Å². The lowest BCUT2D eigenvalue weighted by Crippen LogP contribution is -2.38. The highest BCUT2D eigenvalue weighted by molar-refractivity contribution is 7.91. The number of imidazole rings is 1. The van der Waals surface area contributed by atoms with Gasteiger partial charge in [-0.15, -0.1) is 0 Å². The van der Waals surface area contributed by atoms with Crippen LogP contribution in [0.4, 0.5) is 5.69 Å². The first-order valence-electron chi connectivity index (χ1n) is 9.56. The van der Waals surface area contributed by atoms with Gasteiger partial charge in [-0.1, -0.05) is 18.2 Å². The molecule has 2 heterocycles. The molecular formula is C21H24N4O3S. The lowest BCUT2D eigenvalue weighted by molar-refractivity contribution is -0.117. The summed E-state index contributed by atoms with van der Waals surface area (Å²) in [5.74, 6) is 0.893. The maximum absolute atomic E-state index is 12.4. The molecule has 0 saturated carbocycles. The Morgan fingerprint density at radius 1 is 1.28 bits per heavy atom. The number of H-pyrrole nitrogens is 1. The quantitative estimate of drug-likeness (QED) is 0.672. The van der Waals surface area contributed by atoms with Crippen molar-refractivity contribution in [3.8, 4) is 11.4 Å². The molecule has 29 heavy (non-hydrogen) atoms. The number of carbonyl (C=O) groups excluding carboxylic acids is 1. The van der Waals surface area contributed by atoms with Crippen molar-refractivity contribution in [3.05, 3.63) is 48.0 Å². The highest BCUT2D eigenvalue weighted by atomic mass is 32.2. The minimum atomic E-state index is -2.97.